The lowest BCUT2D eigenvalue weighted by molar-refractivity contribution is 0.251. The molecule has 0 saturated carbocycles. The van der Waals surface area contributed by atoms with E-state index in [0.29, 0.717) is 33.3 Å². The van der Waals surface area contributed by atoms with E-state index in [1.807, 2.05) is 0 Å². The highest BCUT2D eigenvalue weighted by molar-refractivity contribution is 6.30. The number of nitrogens with one attached hydrogen (secondary N) is 3. The van der Waals surface area contributed by atoms with Crippen LogP contribution in [0.2, 0.25) is 5.02 Å². The Labute approximate surface area is 160 Å². The molecule has 7 nitrogen and oxygen atoms in total. The predicted molar refractivity (Wildman–Crippen MR) is 105 cm³/mol. The molecule has 0 atom stereocenters. The van der Waals surface area contributed by atoms with Gasteiger partial charge in [-0.1, -0.05) is 11.6 Å². The van der Waals surface area contributed by atoms with Crippen molar-refractivity contribution in [1.29, 1.82) is 0 Å². The van der Waals surface area contributed by atoms with Gasteiger partial charge in [-0.05, 0) is 36.4 Å². The first kappa shape index (κ1) is 18.6. The number of ether oxygens (including phenoxy) is 2. The third-order valence-corrected chi connectivity index (χ3v) is 4.22. The molecule has 0 unspecified atom stereocenters. The maximum atomic E-state index is 12.3. The fourth-order valence-electron chi connectivity index (χ4n) is 2.59. The summed E-state index contributed by atoms with van der Waals surface area (Å²) in [5, 5.41) is 6.68. The number of aromatic amines is 1. The summed E-state index contributed by atoms with van der Waals surface area (Å²) in [7, 11) is 3.07. The monoisotopic (exact) mass is 387 g/mol. The molecule has 140 valence electrons. The molecule has 0 aliphatic heterocycles. The van der Waals surface area contributed by atoms with Crippen LogP contribution in [0.4, 0.5) is 10.5 Å². The zero-order valence-corrected chi connectivity index (χ0v) is 15.5. The van der Waals surface area contributed by atoms with Crippen molar-refractivity contribution in [1.82, 2.24) is 10.3 Å². The average molecular weight is 388 g/mol. The topological polar surface area (TPSA) is 92.5 Å². The van der Waals surface area contributed by atoms with Crippen molar-refractivity contribution in [2.45, 2.75) is 6.54 Å². The molecule has 2 aromatic carbocycles. The van der Waals surface area contributed by atoms with Crippen LogP contribution in [0.5, 0.6) is 11.5 Å². The van der Waals surface area contributed by atoms with Gasteiger partial charge in [0.2, 0.25) is 0 Å². The molecule has 0 aliphatic rings. The quantitative estimate of drug-likeness (QED) is 0.624. The number of pyridine rings is 1. The lowest BCUT2D eigenvalue weighted by Crippen LogP contribution is -2.30. The Balaban J connectivity index is 1.76. The Morgan fingerprint density at radius 3 is 2.41 bits per heavy atom. The van der Waals surface area contributed by atoms with Crippen molar-refractivity contribution < 1.29 is 14.3 Å². The van der Waals surface area contributed by atoms with Crippen LogP contribution < -0.4 is 25.7 Å². The number of hydrogen-bond donors (Lipinski definition) is 3. The van der Waals surface area contributed by atoms with E-state index in [4.69, 9.17) is 21.1 Å². The summed E-state index contributed by atoms with van der Waals surface area (Å²) in [6, 6.07) is 11.5. The van der Waals surface area contributed by atoms with Gasteiger partial charge in [-0.2, -0.15) is 0 Å². The van der Waals surface area contributed by atoms with Crippen molar-refractivity contribution >= 4 is 34.2 Å². The largest absolute Gasteiger partial charge is 0.493 e. The molecule has 1 heterocycles. The number of carbonyl (C=O) groups is 1. The van der Waals surface area contributed by atoms with Crippen LogP contribution in [0.25, 0.3) is 10.9 Å². The highest BCUT2D eigenvalue weighted by Crippen LogP contribution is 2.31. The fraction of sp³-hybridized carbons (Fsp3) is 0.158. The van der Waals surface area contributed by atoms with Crippen molar-refractivity contribution in [3.63, 3.8) is 0 Å². The molecule has 0 fully saturated rings. The SMILES string of the molecule is COc1cc2cc(CNC(=O)Nc3ccc(Cl)cc3)c(=O)[nH]c2cc1OC. The number of amides is 2. The molecule has 0 saturated heterocycles. The molecule has 27 heavy (non-hydrogen) atoms. The van der Waals surface area contributed by atoms with Gasteiger partial charge >= 0.3 is 6.03 Å². The standard InChI is InChI=1S/C19H18ClN3O4/c1-26-16-8-11-7-12(18(24)23-15(11)9-17(16)27-2)10-21-19(25)22-14-5-3-13(20)4-6-14/h3-9H,10H2,1-2H3,(H,23,24)(H2,21,22,25). The number of H-pyrrole nitrogens is 1. The predicted octanol–water partition coefficient (Wildman–Crippen LogP) is 3.52. The van der Waals surface area contributed by atoms with Crippen LogP contribution in [0, 0.1) is 0 Å². The van der Waals surface area contributed by atoms with Crippen molar-refractivity contribution in [3.05, 3.63) is 63.4 Å². The minimum atomic E-state index is -0.427. The summed E-state index contributed by atoms with van der Waals surface area (Å²) in [6.07, 6.45) is 0. The Kier molecular flexibility index (Phi) is 5.52. The summed E-state index contributed by atoms with van der Waals surface area (Å²) < 4.78 is 10.5. The summed E-state index contributed by atoms with van der Waals surface area (Å²) in [4.78, 5) is 27.1. The van der Waals surface area contributed by atoms with Gasteiger partial charge < -0.3 is 25.1 Å². The maximum Gasteiger partial charge on any atom is 0.319 e. The minimum absolute atomic E-state index is 0.0685. The maximum absolute atomic E-state index is 12.3. The van der Waals surface area contributed by atoms with Crippen LogP contribution >= 0.6 is 11.6 Å². The van der Waals surface area contributed by atoms with Crippen LogP contribution in [-0.2, 0) is 6.54 Å². The second kappa shape index (κ2) is 8.01. The number of urea groups is 1. The summed E-state index contributed by atoms with van der Waals surface area (Å²) in [5.41, 5.74) is 1.34. The molecule has 3 N–H and O–H groups in total. The molecule has 0 bridgehead atoms. The molecular weight excluding hydrogens is 370 g/mol. The smallest absolute Gasteiger partial charge is 0.319 e. The molecule has 0 radical (unpaired) electrons. The average Bonchev–Trinajstić information content (AvgIpc) is 2.67. The van der Waals surface area contributed by atoms with Gasteiger partial charge in [0, 0.05) is 34.3 Å². The summed E-state index contributed by atoms with van der Waals surface area (Å²) in [5.74, 6) is 1.07. The first-order chi connectivity index (χ1) is 13.0. The normalized spacial score (nSPS) is 10.5. The number of methoxy groups -OCH3 is 2. The number of aromatic nitrogens is 1. The Hall–Kier alpha value is -3.19. The van der Waals surface area contributed by atoms with Gasteiger partial charge in [0.05, 0.1) is 19.7 Å². The van der Waals surface area contributed by atoms with Gasteiger partial charge in [0.1, 0.15) is 0 Å². The van der Waals surface area contributed by atoms with Crippen LogP contribution in [0.1, 0.15) is 5.56 Å². The lowest BCUT2D eigenvalue weighted by atomic mass is 10.1. The van der Waals surface area contributed by atoms with Gasteiger partial charge in [-0.3, -0.25) is 4.79 Å². The summed E-state index contributed by atoms with van der Waals surface area (Å²) >= 11 is 5.81. The second-order valence-corrected chi connectivity index (χ2v) is 6.17. The Morgan fingerprint density at radius 2 is 1.74 bits per heavy atom. The van der Waals surface area contributed by atoms with Crippen molar-refractivity contribution in [2.75, 3.05) is 19.5 Å². The molecule has 0 aliphatic carbocycles. The number of rotatable bonds is 5. The van der Waals surface area contributed by atoms with E-state index in [-0.39, 0.29) is 12.1 Å². The van der Waals surface area contributed by atoms with Gasteiger partial charge in [-0.15, -0.1) is 0 Å². The van der Waals surface area contributed by atoms with E-state index in [0.717, 1.165) is 5.39 Å². The Morgan fingerprint density at radius 1 is 1.07 bits per heavy atom. The lowest BCUT2D eigenvalue weighted by Gasteiger charge is -2.11. The molecular formula is C19H18ClN3O4. The van der Waals surface area contributed by atoms with E-state index >= 15 is 0 Å². The zero-order valence-electron chi connectivity index (χ0n) is 14.8. The number of benzene rings is 2. The highest BCUT2D eigenvalue weighted by Gasteiger charge is 2.10. The molecule has 3 rings (SSSR count). The van der Waals surface area contributed by atoms with Crippen LogP contribution in [0.3, 0.4) is 0 Å². The van der Waals surface area contributed by atoms with E-state index in [1.165, 1.54) is 7.11 Å². The molecule has 8 heteroatoms. The van der Waals surface area contributed by atoms with Gasteiger partial charge in [0.25, 0.3) is 5.56 Å². The molecule has 0 spiro atoms. The zero-order chi connectivity index (χ0) is 19.4. The molecule has 1 aromatic heterocycles. The number of halogens is 1. The van der Waals surface area contributed by atoms with E-state index in [2.05, 4.69) is 15.6 Å². The van der Waals surface area contributed by atoms with Gasteiger partial charge in [-0.25, -0.2) is 4.79 Å². The van der Waals surface area contributed by atoms with E-state index in [9.17, 15) is 9.59 Å². The number of anilines is 1. The Bertz CT molecular complexity index is 1030. The number of hydrogen-bond acceptors (Lipinski definition) is 4. The molecule has 3 aromatic rings. The first-order valence-corrected chi connectivity index (χ1v) is 8.46. The molecule has 2 amide bonds. The number of fused-ring (bicyclic) bond motifs is 1. The van der Waals surface area contributed by atoms with Gasteiger partial charge in [0.15, 0.2) is 11.5 Å². The van der Waals surface area contributed by atoms with Crippen molar-refractivity contribution in [2.24, 2.45) is 0 Å². The minimum Gasteiger partial charge on any atom is -0.493 e. The van der Waals surface area contributed by atoms with Crippen LogP contribution in [-0.4, -0.2) is 25.2 Å². The van der Waals surface area contributed by atoms with Crippen molar-refractivity contribution in [3.8, 4) is 11.5 Å². The second-order valence-electron chi connectivity index (χ2n) is 5.73. The highest BCUT2D eigenvalue weighted by atomic mass is 35.5. The van der Waals surface area contributed by atoms with E-state index < -0.39 is 6.03 Å². The fourth-order valence-corrected chi connectivity index (χ4v) is 2.72. The number of carbonyl (C=O) groups excluding carboxylic acids is 1. The van der Waals surface area contributed by atoms with Crippen LogP contribution in [0.15, 0.2) is 47.3 Å². The summed E-state index contributed by atoms with van der Waals surface area (Å²) in [6.45, 7) is 0.0685. The third-order valence-electron chi connectivity index (χ3n) is 3.97. The first-order valence-electron chi connectivity index (χ1n) is 8.08. The van der Waals surface area contributed by atoms with E-state index in [1.54, 1.807) is 49.6 Å². The third kappa shape index (κ3) is 4.32.